The molecule has 5 rings (SSSR count). The van der Waals surface area contributed by atoms with Gasteiger partial charge in [0.1, 0.15) is 11.6 Å². The molecular weight excluding hydrogens is 445 g/mol. The number of fused-ring (bicyclic) bond motifs is 1. The monoisotopic (exact) mass is 475 g/mol. The number of methoxy groups -OCH3 is 1. The van der Waals surface area contributed by atoms with Crippen LogP contribution in [0.15, 0.2) is 60.6 Å². The van der Waals surface area contributed by atoms with Crippen LogP contribution in [0.1, 0.15) is 55.5 Å². The van der Waals surface area contributed by atoms with Crippen molar-refractivity contribution in [3.05, 3.63) is 83.2 Å². The van der Waals surface area contributed by atoms with Gasteiger partial charge in [0.2, 0.25) is 0 Å². The van der Waals surface area contributed by atoms with Gasteiger partial charge in [-0.2, -0.15) is 0 Å². The smallest absolute Gasteiger partial charge is 0.250 e. The minimum Gasteiger partial charge on any atom is -0.495 e. The molecule has 2 aliphatic heterocycles. The van der Waals surface area contributed by atoms with Crippen molar-refractivity contribution in [1.29, 1.82) is 0 Å². The molecule has 3 heterocycles. The quantitative estimate of drug-likeness (QED) is 0.540. The van der Waals surface area contributed by atoms with Crippen LogP contribution >= 0.6 is 0 Å². The molecule has 1 aromatic heterocycles. The van der Waals surface area contributed by atoms with Crippen LogP contribution in [0, 0.1) is 12.7 Å². The van der Waals surface area contributed by atoms with Crippen molar-refractivity contribution in [2.24, 2.45) is 0 Å². The summed E-state index contributed by atoms with van der Waals surface area (Å²) in [6.45, 7) is 3.76. The van der Waals surface area contributed by atoms with Gasteiger partial charge in [-0.15, -0.1) is 0 Å². The van der Waals surface area contributed by atoms with E-state index in [4.69, 9.17) is 4.74 Å². The molecule has 2 saturated heterocycles. The third kappa shape index (κ3) is 4.60. The minimum absolute atomic E-state index is 0.0284. The summed E-state index contributed by atoms with van der Waals surface area (Å²) in [5, 5.41) is 10.9. The van der Waals surface area contributed by atoms with Gasteiger partial charge in [-0.1, -0.05) is 18.2 Å². The molecule has 2 aliphatic rings. The summed E-state index contributed by atoms with van der Waals surface area (Å²) in [6.07, 6.45) is 7.97. The van der Waals surface area contributed by atoms with Gasteiger partial charge in [-0.05, 0) is 74.6 Å². The zero-order valence-electron chi connectivity index (χ0n) is 20.2. The summed E-state index contributed by atoms with van der Waals surface area (Å²) in [7, 11) is 1.63. The normalized spacial score (nSPS) is 25.6. The standard InChI is InChI=1S/C28H30FN3O3/c1-18-16-31(17-30-18)24-11-4-19(13-26(24)35-3)12-21-7-10-23-14-28(2,34)15-25(32(23)27(21)33)20-5-8-22(29)9-6-20/h4-6,8-9,11-13,16-17,23,25,34H,7,10,14-15H2,1-3H3/t23-,25-,28-/m0/s1. The van der Waals surface area contributed by atoms with Crippen molar-refractivity contribution >= 4 is 12.0 Å². The van der Waals surface area contributed by atoms with Crippen LogP contribution in [-0.2, 0) is 4.79 Å². The zero-order valence-corrected chi connectivity index (χ0v) is 20.2. The second-order valence-corrected chi connectivity index (χ2v) is 9.90. The number of hydrogen-bond acceptors (Lipinski definition) is 4. The van der Waals surface area contributed by atoms with E-state index in [9.17, 15) is 14.3 Å². The first-order valence-corrected chi connectivity index (χ1v) is 11.9. The predicted molar refractivity (Wildman–Crippen MR) is 132 cm³/mol. The lowest BCUT2D eigenvalue weighted by Crippen LogP contribution is -2.55. The van der Waals surface area contributed by atoms with E-state index in [2.05, 4.69) is 4.98 Å². The highest BCUT2D eigenvalue weighted by Gasteiger charge is 2.46. The maximum absolute atomic E-state index is 13.7. The molecule has 35 heavy (non-hydrogen) atoms. The molecule has 2 fully saturated rings. The van der Waals surface area contributed by atoms with Crippen molar-refractivity contribution in [2.45, 2.75) is 57.2 Å². The van der Waals surface area contributed by atoms with Gasteiger partial charge >= 0.3 is 0 Å². The zero-order chi connectivity index (χ0) is 24.7. The Morgan fingerprint density at radius 3 is 2.66 bits per heavy atom. The number of ether oxygens (including phenoxy) is 1. The van der Waals surface area contributed by atoms with Crippen LogP contribution in [-0.4, -0.2) is 44.2 Å². The summed E-state index contributed by atoms with van der Waals surface area (Å²) < 4.78 is 21.1. The Balaban J connectivity index is 1.47. The van der Waals surface area contributed by atoms with E-state index in [1.165, 1.54) is 12.1 Å². The first kappa shape index (κ1) is 23.3. The fraction of sp³-hybridized carbons (Fsp3) is 0.357. The van der Waals surface area contributed by atoms with Crippen molar-refractivity contribution in [1.82, 2.24) is 14.5 Å². The first-order chi connectivity index (χ1) is 16.7. The van der Waals surface area contributed by atoms with E-state index in [0.29, 0.717) is 25.0 Å². The fourth-order valence-electron chi connectivity index (χ4n) is 5.45. The van der Waals surface area contributed by atoms with Crippen LogP contribution < -0.4 is 4.74 Å². The number of benzene rings is 2. The van der Waals surface area contributed by atoms with Gasteiger partial charge in [-0.3, -0.25) is 4.79 Å². The highest BCUT2D eigenvalue weighted by Crippen LogP contribution is 2.44. The predicted octanol–water partition coefficient (Wildman–Crippen LogP) is 4.99. The van der Waals surface area contributed by atoms with Crippen molar-refractivity contribution in [3.63, 3.8) is 0 Å². The van der Waals surface area contributed by atoms with Crippen LogP contribution in [0.3, 0.4) is 0 Å². The molecule has 182 valence electrons. The van der Waals surface area contributed by atoms with Gasteiger partial charge in [-0.25, -0.2) is 9.37 Å². The summed E-state index contributed by atoms with van der Waals surface area (Å²) in [6, 6.07) is 11.7. The van der Waals surface area contributed by atoms with Gasteiger partial charge in [0.25, 0.3) is 5.91 Å². The molecule has 0 radical (unpaired) electrons. The van der Waals surface area contributed by atoms with E-state index >= 15 is 0 Å². The topological polar surface area (TPSA) is 67.6 Å². The highest BCUT2D eigenvalue weighted by atomic mass is 19.1. The SMILES string of the molecule is COc1cc(C=C2CC[C@H]3C[C@](C)(O)C[C@@H](c4ccc(F)cc4)N3C2=O)ccc1-n1cnc(C)c1. The Morgan fingerprint density at radius 1 is 1.20 bits per heavy atom. The van der Waals surface area contributed by atoms with Gasteiger partial charge in [0.15, 0.2) is 0 Å². The van der Waals surface area contributed by atoms with Gasteiger partial charge in [0.05, 0.1) is 36.5 Å². The van der Waals surface area contributed by atoms with E-state index < -0.39 is 5.60 Å². The van der Waals surface area contributed by atoms with Gasteiger partial charge in [0, 0.05) is 24.2 Å². The maximum Gasteiger partial charge on any atom is 0.250 e. The number of carbonyl (C=O) groups excluding carboxylic acids is 1. The molecule has 0 spiro atoms. The van der Waals surface area contributed by atoms with Crippen molar-refractivity contribution in [3.8, 4) is 11.4 Å². The number of carbonyl (C=O) groups is 1. The second-order valence-electron chi connectivity index (χ2n) is 9.90. The lowest BCUT2D eigenvalue weighted by Gasteiger charge is -2.50. The number of aromatic nitrogens is 2. The molecule has 0 bridgehead atoms. The molecule has 7 heteroatoms. The lowest BCUT2D eigenvalue weighted by molar-refractivity contribution is -0.144. The number of imidazole rings is 1. The van der Waals surface area contributed by atoms with E-state index in [-0.39, 0.29) is 23.8 Å². The maximum atomic E-state index is 13.7. The first-order valence-electron chi connectivity index (χ1n) is 11.9. The van der Waals surface area contributed by atoms with E-state index in [0.717, 1.165) is 34.5 Å². The molecule has 0 saturated carbocycles. The average molecular weight is 476 g/mol. The number of hydrogen-bond donors (Lipinski definition) is 1. The summed E-state index contributed by atoms with van der Waals surface area (Å²) >= 11 is 0. The summed E-state index contributed by atoms with van der Waals surface area (Å²) in [5.74, 6) is 0.345. The van der Waals surface area contributed by atoms with Crippen molar-refractivity contribution in [2.75, 3.05) is 7.11 Å². The third-order valence-corrected chi connectivity index (χ3v) is 7.08. The number of amides is 1. The Labute approximate surface area is 204 Å². The molecule has 3 atom stereocenters. The van der Waals surface area contributed by atoms with Gasteiger partial charge < -0.3 is 19.3 Å². The molecule has 1 N–H and O–H groups in total. The second kappa shape index (κ2) is 8.96. The Bertz CT molecular complexity index is 1280. The molecule has 0 aliphatic carbocycles. The van der Waals surface area contributed by atoms with E-state index in [1.54, 1.807) is 25.6 Å². The average Bonchev–Trinajstić information content (AvgIpc) is 3.26. The largest absolute Gasteiger partial charge is 0.495 e. The minimum atomic E-state index is -0.878. The van der Waals surface area contributed by atoms with Crippen LogP contribution in [0.2, 0.25) is 0 Å². The molecule has 6 nitrogen and oxygen atoms in total. The third-order valence-electron chi connectivity index (χ3n) is 7.08. The Morgan fingerprint density at radius 2 is 1.97 bits per heavy atom. The number of halogens is 1. The van der Waals surface area contributed by atoms with Crippen LogP contribution in [0.5, 0.6) is 5.75 Å². The molecule has 2 aromatic carbocycles. The number of aryl methyl sites for hydroxylation is 1. The number of piperidine rings is 2. The van der Waals surface area contributed by atoms with Crippen LogP contribution in [0.25, 0.3) is 11.8 Å². The van der Waals surface area contributed by atoms with Crippen molar-refractivity contribution < 1.29 is 19.0 Å². The Hall–Kier alpha value is -3.45. The highest BCUT2D eigenvalue weighted by molar-refractivity contribution is 5.99. The summed E-state index contributed by atoms with van der Waals surface area (Å²) in [5.41, 5.74) is 3.36. The number of aliphatic hydroxyl groups is 1. The summed E-state index contributed by atoms with van der Waals surface area (Å²) in [4.78, 5) is 19.9. The molecule has 1 amide bonds. The van der Waals surface area contributed by atoms with E-state index in [1.807, 2.05) is 53.8 Å². The lowest BCUT2D eigenvalue weighted by atomic mass is 9.77. The fourth-order valence-corrected chi connectivity index (χ4v) is 5.45. The Kier molecular flexibility index (Phi) is 5.97. The van der Waals surface area contributed by atoms with Crippen LogP contribution in [0.4, 0.5) is 4.39 Å². The number of rotatable bonds is 4. The molecule has 0 unspecified atom stereocenters. The number of nitrogens with zero attached hydrogens (tertiary/aromatic N) is 3. The molecular formula is C28H30FN3O3. The molecule has 3 aromatic rings.